The van der Waals surface area contributed by atoms with Crippen LogP contribution in [0.25, 0.3) is 10.9 Å². The van der Waals surface area contributed by atoms with Crippen LogP contribution in [0.3, 0.4) is 0 Å². The molecule has 0 spiro atoms. The van der Waals surface area contributed by atoms with E-state index < -0.39 is 5.97 Å². The van der Waals surface area contributed by atoms with E-state index in [0.717, 1.165) is 4.47 Å². The number of aromatic carboxylic acids is 1. The maximum Gasteiger partial charge on any atom is 0.335 e. The summed E-state index contributed by atoms with van der Waals surface area (Å²) >= 11 is 10.6. The molecule has 0 atom stereocenters. The Hall–Kier alpha value is -3.02. The number of nitrogens with zero attached hydrogens (tertiary/aromatic N) is 3. The van der Waals surface area contributed by atoms with E-state index in [4.69, 9.17) is 9.47 Å². The molecule has 1 heterocycles. The highest BCUT2D eigenvalue weighted by Crippen LogP contribution is 2.42. The van der Waals surface area contributed by atoms with E-state index in [1.165, 1.54) is 17.9 Å². The first-order valence-corrected chi connectivity index (χ1v) is 13.8. The summed E-state index contributed by atoms with van der Waals surface area (Å²) in [7, 11) is 1.51. The van der Waals surface area contributed by atoms with Gasteiger partial charge in [-0.25, -0.2) is 9.78 Å². The number of carboxylic acid groups (broad SMARTS) is 1. The summed E-state index contributed by atoms with van der Waals surface area (Å²) in [5.41, 5.74) is 1.83. The zero-order valence-electron chi connectivity index (χ0n) is 20.5. The molecule has 0 fully saturated rings. The minimum absolute atomic E-state index is 0.0481. The highest BCUT2D eigenvalue weighted by molar-refractivity contribution is 9.13. The molecule has 196 valence electrons. The highest BCUT2D eigenvalue weighted by atomic mass is 79.9. The maximum atomic E-state index is 13.3. The summed E-state index contributed by atoms with van der Waals surface area (Å²) in [5.74, 6) is 0.327. The van der Waals surface area contributed by atoms with Crippen molar-refractivity contribution in [1.82, 2.24) is 9.66 Å². The standard InChI is InChI=1S/C27H22Br3N3O5/c1-14(2)25-32-20-8-7-18(28)11-19(20)26(34)33(25)31-12-17-10-21(37-3)24(23(30)22(17)29)38-13-15-5-4-6-16(9-15)27(35)36/h4-12,14H,13H2,1-3H3,(H,35,36). The van der Waals surface area contributed by atoms with Crippen molar-refractivity contribution in [2.24, 2.45) is 5.10 Å². The molecule has 1 N–H and O–H groups in total. The number of benzene rings is 3. The number of fused-ring (bicyclic) bond motifs is 1. The molecule has 1 aromatic heterocycles. The van der Waals surface area contributed by atoms with Gasteiger partial charge in [-0.15, -0.1) is 0 Å². The molecule has 0 aliphatic carbocycles. The van der Waals surface area contributed by atoms with Gasteiger partial charge >= 0.3 is 5.97 Å². The third-order valence-electron chi connectivity index (χ3n) is 5.59. The number of hydrogen-bond acceptors (Lipinski definition) is 6. The Morgan fingerprint density at radius 1 is 1.13 bits per heavy atom. The van der Waals surface area contributed by atoms with Gasteiger partial charge in [0, 0.05) is 20.4 Å². The van der Waals surface area contributed by atoms with Gasteiger partial charge in [-0.05, 0) is 73.8 Å². The van der Waals surface area contributed by atoms with Crippen molar-refractivity contribution in [3.8, 4) is 11.5 Å². The Morgan fingerprint density at radius 3 is 2.58 bits per heavy atom. The molecule has 11 heteroatoms. The van der Waals surface area contributed by atoms with E-state index in [2.05, 4.69) is 57.9 Å². The number of methoxy groups -OCH3 is 1. The lowest BCUT2D eigenvalue weighted by Gasteiger charge is -2.16. The van der Waals surface area contributed by atoms with Gasteiger partial charge in [0.25, 0.3) is 5.56 Å². The number of aromatic nitrogens is 2. The van der Waals surface area contributed by atoms with Gasteiger partial charge in [-0.1, -0.05) is 41.9 Å². The van der Waals surface area contributed by atoms with E-state index >= 15 is 0 Å². The number of carboxylic acids is 1. The van der Waals surface area contributed by atoms with Crippen molar-refractivity contribution in [3.05, 3.63) is 94.8 Å². The van der Waals surface area contributed by atoms with E-state index in [9.17, 15) is 14.7 Å². The molecule has 3 aromatic carbocycles. The smallest absolute Gasteiger partial charge is 0.335 e. The van der Waals surface area contributed by atoms with Crippen LogP contribution in [0.5, 0.6) is 11.5 Å². The average Bonchev–Trinajstić information content (AvgIpc) is 2.89. The lowest BCUT2D eigenvalue weighted by molar-refractivity contribution is 0.0696. The Kier molecular flexibility index (Phi) is 8.69. The monoisotopic (exact) mass is 705 g/mol. The van der Waals surface area contributed by atoms with Crippen LogP contribution in [-0.4, -0.2) is 34.1 Å². The molecule has 4 rings (SSSR count). The van der Waals surface area contributed by atoms with Crippen LogP contribution in [0.2, 0.25) is 0 Å². The highest BCUT2D eigenvalue weighted by Gasteiger charge is 2.18. The van der Waals surface area contributed by atoms with Crippen LogP contribution >= 0.6 is 47.8 Å². The summed E-state index contributed by atoms with van der Waals surface area (Å²) in [5, 5.41) is 14.2. The van der Waals surface area contributed by atoms with Crippen LogP contribution < -0.4 is 15.0 Å². The van der Waals surface area contributed by atoms with Gasteiger partial charge < -0.3 is 14.6 Å². The Labute approximate surface area is 243 Å². The van der Waals surface area contributed by atoms with E-state index in [1.54, 1.807) is 42.6 Å². The summed E-state index contributed by atoms with van der Waals surface area (Å²) in [6, 6.07) is 13.6. The van der Waals surface area contributed by atoms with Gasteiger partial charge in [0.1, 0.15) is 12.4 Å². The summed E-state index contributed by atoms with van der Waals surface area (Å²) in [6.07, 6.45) is 1.55. The second kappa shape index (κ2) is 11.8. The number of hydrogen-bond donors (Lipinski definition) is 1. The second-order valence-electron chi connectivity index (χ2n) is 8.57. The predicted octanol–water partition coefficient (Wildman–Crippen LogP) is 6.98. The minimum Gasteiger partial charge on any atom is -0.493 e. The fraction of sp³-hybridized carbons (Fsp3) is 0.185. The number of halogens is 3. The largest absolute Gasteiger partial charge is 0.493 e. The fourth-order valence-electron chi connectivity index (χ4n) is 3.71. The van der Waals surface area contributed by atoms with Gasteiger partial charge in [-0.3, -0.25) is 4.79 Å². The average molecular weight is 708 g/mol. The van der Waals surface area contributed by atoms with Gasteiger partial charge in [0.15, 0.2) is 11.5 Å². The van der Waals surface area contributed by atoms with Crippen LogP contribution in [0.1, 0.15) is 47.1 Å². The summed E-state index contributed by atoms with van der Waals surface area (Å²) in [6.45, 7) is 4.03. The SMILES string of the molecule is COc1cc(C=Nn2c(C(C)C)nc3ccc(Br)cc3c2=O)c(Br)c(Br)c1OCc1cccc(C(=O)O)c1. The first kappa shape index (κ1) is 28.0. The molecular weight excluding hydrogens is 686 g/mol. The maximum absolute atomic E-state index is 13.3. The van der Waals surface area contributed by atoms with Crippen molar-refractivity contribution in [1.29, 1.82) is 0 Å². The molecule has 0 saturated carbocycles. The molecule has 0 radical (unpaired) electrons. The number of ether oxygens (including phenoxy) is 2. The zero-order chi connectivity index (χ0) is 27.6. The minimum atomic E-state index is -1.01. The molecule has 4 aromatic rings. The van der Waals surface area contributed by atoms with Crippen LogP contribution in [0.15, 0.2) is 71.8 Å². The molecule has 38 heavy (non-hydrogen) atoms. The predicted molar refractivity (Wildman–Crippen MR) is 157 cm³/mol. The lowest BCUT2D eigenvalue weighted by Crippen LogP contribution is -2.23. The Bertz CT molecular complexity index is 1630. The molecule has 0 aliphatic heterocycles. The Morgan fingerprint density at radius 2 is 1.89 bits per heavy atom. The van der Waals surface area contributed by atoms with Crippen LogP contribution in [0, 0.1) is 0 Å². The van der Waals surface area contributed by atoms with E-state index in [1.807, 2.05) is 19.9 Å². The normalized spacial score (nSPS) is 11.4. The lowest BCUT2D eigenvalue weighted by atomic mass is 10.1. The van der Waals surface area contributed by atoms with E-state index in [-0.39, 0.29) is 23.6 Å². The molecule has 8 nitrogen and oxygen atoms in total. The van der Waals surface area contributed by atoms with E-state index in [0.29, 0.717) is 48.3 Å². The molecule has 0 aliphatic rings. The molecular formula is C27H22Br3N3O5. The van der Waals surface area contributed by atoms with Crippen molar-refractivity contribution in [2.75, 3.05) is 7.11 Å². The summed E-state index contributed by atoms with van der Waals surface area (Å²) in [4.78, 5) is 29.3. The third kappa shape index (κ3) is 5.84. The number of carbonyl (C=O) groups is 1. The second-order valence-corrected chi connectivity index (χ2v) is 11.1. The third-order valence-corrected chi connectivity index (χ3v) is 8.23. The summed E-state index contributed by atoms with van der Waals surface area (Å²) < 4.78 is 14.9. The fourth-order valence-corrected chi connectivity index (χ4v) is 5.00. The first-order chi connectivity index (χ1) is 18.1. The van der Waals surface area contributed by atoms with Crippen molar-refractivity contribution in [2.45, 2.75) is 26.4 Å². The molecule has 0 saturated heterocycles. The topological polar surface area (TPSA) is 103 Å². The quantitative estimate of drug-likeness (QED) is 0.199. The Balaban J connectivity index is 1.71. The molecule has 0 unspecified atom stereocenters. The molecule has 0 bridgehead atoms. The van der Waals surface area contributed by atoms with Gasteiger partial charge in [0.05, 0.1) is 34.3 Å². The van der Waals surface area contributed by atoms with Crippen molar-refractivity contribution >= 4 is 70.9 Å². The van der Waals surface area contributed by atoms with Crippen LogP contribution in [0.4, 0.5) is 0 Å². The molecule has 0 amide bonds. The van der Waals surface area contributed by atoms with Crippen molar-refractivity contribution in [3.63, 3.8) is 0 Å². The van der Waals surface area contributed by atoms with Crippen LogP contribution in [-0.2, 0) is 6.61 Å². The van der Waals surface area contributed by atoms with Gasteiger partial charge in [-0.2, -0.15) is 9.78 Å². The zero-order valence-corrected chi connectivity index (χ0v) is 25.3. The van der Waals surface area contributed by atoms with Crippen molar-refractivity contribution < 1.29 is 19.4 Å². The number of rotatable bonds is 8. The first-order valence-electron chi connectivity index (χ1n) is 11.4. The van der Waals surface area contributed by atoms with Gasteiger partial charge in [0.2, 0.25) is 0 Å².